The van der Waals surface area contributed by atoms with Gasteiger partial charge < -0.3 is 15.2 Å². The molecule has 4 aromatic carbocycles. The van der Waals surface area contributed by atoms with Gasteiger partial charge in [-0.05, 0) is 68.5 Å². The van der Waals surface area contributed by atoms with E-state index in [-0.39, 0.29) is 12.3 Å². The second-order valence-electron chi connectivity index (χ2n) is 9.75. The Balaban J connectivity index is 1.30. The van der Waals surface area contributed by atoms with Crippen molar-refractivity contribution in [1.29, 1.82) is 0 Å². The van der Waals surface area contributed by atoms with E-state index in [1.54, 1.807) is 12.3 Å². The Hall–Kier alpha value is -4.43. The molecule has 0 bridgehead atoms. The number of nitrogens with one attached hydrogen (secondary N) is 1. The zero-order chi connectivity index (χ0) is 28.8. The largest absolute Gasteiger partial charge is 0.478 e. The summed E-state index contributed by atoms with van der Waals surface area (Å²) in [5.41, 5.74) is 4.21. The van der Waals surface area contributed by atoms with Crippen LogP contribution in [0.3, 0.4) is 0 Å². The number of para-hydroxylation sites is 1. The Morgan fingerprint density at radius 1 is 0.976 bits per heavy atom. The van der Waals surface area contributed by atoms with Crippen molar-refractivity contribution in [2.75, 3.05) is 0 Å². The van der Waals surface area contributed by atoms with Crippen molar-refractivity contribution in [1.82, 2.24) is 15.1 Å². The minimum atomic E-state index is -1.02. The summed E-state index contributed by atoms with van der Waals surface area (Å²) in [6, 6.07) is 28.8. The number of ether oxygens (including phenoxy) is 1. The maximum atomic E-state index is 13.2. The number of aliphatic carboxylic acids is 1. The minimum absolute atomic E-state index is 0.168. The highest BCUT2D eigenvalue weighted by atomic mass is 79.9. The lowest BCUT2D eigenvalue weighted by atomic mass is 10.1. The van der Waals surface area contributed by atoms with E-state index in [0.29, 0.717) is 22.3 Å². The summed E-state index contributed by atoms with van der Waals surface area (Å²) in [7, 11) is 0. The van der Waals surface area contributed by atoms with Gasteiger partial charge in [-0.2, -0.15) is 5.10 Å². The first-order valence-corrected chi connectivity index (χ1v) is 14.3. The van der Waals surface area contributed by atoms with E-state index in [0.717, 1.165) is 46.1 Å². The van der Waals surface area contributed by atoms with Crippen LogP contribution in [0, 0.1) is 0 Å². The lowest BCUT2D eigenvalue weighted by Gasteiger charge is -2.17. The second kappa shape index (κ2) is 12.8. The molecule has 8 heteroatoms. The number of amides is 1. The molecular formula is C33H30BrN3O4. The topological polar surface area (TPSA) is 93.4 Å². The molecule has 0 saturated carbocycles. The number of rotatable bonds is 11. The van der Waals surface area contributed by atoms with Crippen LogP contribution in [0.2, 0.25) is 0 Å². The monoisotopic (exact) mass is 611 g/mol. The highest BCUT2D eigenvalue weighted by molar-refractivity contribution is 9.10. The molecule has 7 nitrogen and oxygen atoms in total. The molecule has 0 spiro atoms. The summed E-state index contributed by atoms with van der Waals surface area (Å²) in [5.74, 6) is -0.733. The SMILES string of the molecule is CCCc1c(C(=O)NCc2ccc3c(Br)c(OC(Cc4ccccc4)C(=O)O)ccc3c2)cnn1-c1ccccc1. The molecule has 1 amide bonds. The number of carbonyl (C=O) groups is 2. The molecule has 208 valence electrons. The van der Waals surface area contributed by atoms with Crippen molar-refractivity contribution in [3.63, 3.8) is 0 Å². The van der Waals surface area contributed by atoms with Gasteiger partial charge in [0.15, 0.2) is 6.10 Å². The first-order chi connectivity index (χ1) is 19.9. The summed E-state index contributed by atoms with van der Waals surface area (Å²) in [6.45, 7) is 2.43. The van der Waals surface area contributed by atoms with E-state index in [1.807, 2.05) is 89.6 Å². The first-order valence-electron chi connectivity index (χ1n) is 13.5. The molecule has 0 aliphatic heterocycles. The molecule has 0 fully saturated rings. The number of halogens is 1. The number of hydrogen-bond donors (Lipinski definition) is 2. The Kier molecular flexibility index (Phi) is 8.79. The van der Waals surface area contributed by atoms with Gasteiger partial charge >= 0.3 is 5.97 Å². The van der Waals surface area contributed by atoms with E-state index in [4.69, 9.17) is 4.74 Å². The average Bonchev–Trinajstić information content (AvgIpc) is 3.41. The third-order valence-corrected chi connectivity index (χ3v) is 7.66. The third-order valence-electron chi connectivity index (χ3n) is 6.85. The summed E-state index contributed by atoms with van der Waals surface area (Å²) in [4.78, 5) is 25.1. The number of fused-ring (bicyclic) bond motifs is 1. The summed E-state index contributed by atoms with van der Waals surface area (Å²) in [5, 5.41) is 19.1. The summed E-state index contributed by atoms with van der Waals surface area (Å²) < 4.78 is 8.45. The number of carboxylic acid groups (broad SMARTS) is 1. The van der Waals surface area contributed by atoms with Gasteiger partial charge in [-0.25, -0.2) is 9.48 Å². The van der Waals surface area contributed by atoms with E-state index in [2.05, 4.69) is 33.3 Å². The highest BCUT2D eigenvalue weighted by Gasteiger charge is 2.22. The third kappa shape index (κ3) is 6.49. The minimum Gasteiger partial charge on any atom is -0.478 e. The van der Waals surface area contributed by atoms with E-state index < -0.39 is 12.1 Å². The quantitative estimate of drug-likeness (QED) is 0.172. The average molecular weight is 613 g/mol. The van der Waals surface area contributed by atoms with E-state index in [9.17, 15) is 14.7 Å². The van der Waals surface area contributed by atoms with Crippen LogP contribution in [0.25, 0.3) is 16.5 Å². The number of carbonyl (C=O) groups excluding carboxylic acids is 1. The smallest absolute Gasteiger partial charge is 0.345 e. The van der Waals surface area contributed by atoms with Crippen molar-refractivity contribution in [3.05, 3.63) is 124 Å². The Labute approximate surface area is 246 Å². The van der Waals surface area contributed by atoms with Gasteiger partial charge in [0.05, 0.1) is 27.6 Å². The highest BCUT2D eigenvalue weighted by Crippen LogP contribution is 2.34. The van der Waals surface area contributed by atoms with Crippen LogP contribution in [0.1, 0.15) is 40.5 Å². The van der Waals surface area contributed by atoms with Crippen molar-refractivity contribution in [2.24, 2.45) is 0 Å². The second-order valence-corrected chi connectivity index (χ2v) is 10.5. The zero-order valence-electron chi connectivity index (χ0n) is 22.6. The zero-order valence-corrected chi connectivity index (χ0v) is 24.2. The Morgan fingerprint density at radius 3 is 2.41 bits per heavy atom. The number of nitrogens with zero attached hydrogens (tertiary/aromatic N) is 2. The first kappa shape index (κ1) is 28.1. The molecule has 0 radical (unpaired) electrons. The molecule has 0 aliphatic carbocycles. The molecule has 1 heterocycles. The number of carboxylic acids is 1. The fourth-order valence-electron chi connectivity index (χ4n) is 4.79. The molecule has 0 aliphatic rings. The normalized spacial score (nSPS) is 11.8. The van der Waals surface area contributed by atoms with Crippen LogP contribution in [-0.4, -0.2) is 32.9 Å². The van der Waals surface area contributed by atoms with Crippen LogP contribution in [0.4, 0.5) is 0 Å². The number of benzene rings is 4. The molecule has 0 saturated heterocycles. The van der Waals surface area contributed by atoms with Crippen LogP contribution in [-0.2, 0) is 24.2 Å². The molecule has 5 aromatic rings. The van der Waals surface area contributed by atoms with E-state index >= 15 is 0 Å². The van der Waals surface area contributed by atoms with Crippen LogP contribution in [0.5, 0.6) is 5.75 Å². The molecular weight excluding hydrogens is 582 g/mol. The van der Waals surface area contributed by atoms with Gasteiger partial charge in [-0.1, -0.05) is 80.1 Å². The lowest BCUT2D eigenvalue weighted by molar-refractivity contribution is -0.145. The number of hydrogen-bond acceptors (Lipinski definition) is 4. The maximum absolute atomic E-state index is 13.2. The molecule has 1 atom stereocenters. The van der Waals surface area contributed by atoms with Crippen molar-refractivity contribution < 1.29 is 19.4 Å². The van der Waals surface area contributed by atoms with Gasteiger partial charge in [0.25, 0.3) is 5.91 Å². The van der Waals surface area contributed by atoms with Crippen LogP contribution in [0.15, 0.2) is 102 Å². The fraction of sp³-hybridized carbons (Fsp3) is 0.182. The molecule has 41 heavy (non-hydrogen) atoms. The molecule has 1 unspecified atom stereocenters. The van der Waals surface area contributed by atoms with Crippen molar-refractivity contribution >= 4 is 38.6 Å². The predicted molar refractivity (Wildman–Crippen MR) is 163 cm³/mol. The lowest BCUT2D eigenvalue weighted by Crippen LogP contribution is -2.29. The van der Waals surface area contributed by atoms with Gasteiger partial charge in [0.2, 0.25) is 0 Å². The molecule has 1 aromatic heterocycles. The van der Waals surface area contributed by atoms with Crippen LogP contribution >= 0.6 is 15.9 Å². The van der Waals surface area contributed by atoms with Gasteiger partial charge in [0.1, 0.15) is 5.75 Å². The Bertz CT molecular complexity index is 1670. The predicted octanol–water partition coefficient (Wildman–Crippen LogP) is 6.75. The fourth-order valence-corrected chi connectivity index (χ4v) is 5.38. The Morgan fingerprint density at radius 2 is 1.71 bits per heavy atom. The number of aromatic nitrogens is 2. The van der Waals surface area contributed by atoms with Gasteiger partial charge in [-0.15, -0.1) is 0 Å². The van der Waals surface area contributed by atoms with E-state index in [1.165, 1.54) is 0 Å². The summed E-state index contributed by atoms with van der Waals surface area (Å²) in [6.07, 6.45) is 2.49. The maximum Gasteiger partial charge on any atom is 0.345 e. The van der Waals surface area contributed by atoms with Crippen molar-refractivity contribution in [3.8, 4) is 11.4 Å². The molecule has 5 rings (SSSR count). The molecule has 2 N–H and O–H groups in total. The standard InChI is InChI=1S/C33H30BrN3O4/c1-2-9-28-27(21-36-37(28)25-12-7-4-8-13-25)32(38)35-20-23-14-16-26-24(18-23)15-17-29(31(26)34)41-30(33(39)40)19-22-10-5-3-6-11-22/h3-8,10-18,21,30H,2,9,19-20H2,1H3,(H,35,38)(H,39,40). The van der Waals surface area contributed by atoms with Gasteiger partial charge in [-0.3, -0.25) is 4.79 Å². The summed E-state index contributed by atoms with van der Waals surface area (Å²) >= 11 is 3.61. The van der Waals surface area contributed by atoms with Crippen LogP contribution < -0.4 is 10.1 Å². The van der Waals surface area contributed by atoms with Gasteiger partial charge in [0, 0.05) is 13.0 Å². The van der Waals surface area contributed by atoms with Crippen molar-refractivity contribution in [2.45, 2.75) is 38.8 Å².